The van der Waals surface area contributed by atoms with Gasteiger partial charge in [-0.05, 0) is 31.2 Å². The van der Waals surface area contributed by atoms with E-state index >= 15 is 0 Å². The van der Waals surface area contributed by atoms with Crippen LogP contribution in [0.15, 0.2) is 33.9 Å². The molecule has 0 aliphatic heterocycles. The minimum atomic E-state index is -0.669. The smallest absolute Gasteiger partial charge is 0.332 e. The molecule has 1 heterocycles. The number of methoxy groups -OCH3 is 1. The van der Waals surface area contributed by atoms with Gasteiger partial charge in [0.25, 0.3) is 5.56 Å². The number of rotatable bonds is 10. The van der Waals surface area contributed by atoms with Gasteiger partial charge in [0.2, 0.25) is 0 Å². The highest BCUT2D eigenvalue weighted by atomic mass is 16.5. The van der Waals surface area contributed by atoms with Gasteiger partial charge >= 0.3 is 5.69 Å². The van der Waals surface area contributed by atoms with Crippen molar-refractivity contribution >= 4 is 5.82 Å². The van der Waals surface area contributed by atoms with Crippen molar-refractivity contribution in [1.29, 1.82) is 0 Å². The zero-order valence-electron chi connectivity index (χ0n) is 16.7. The van der Waals surface area contributed by atoms with Crippen molar-refractivity contribution < 1.29 is 14.6 Å². The van der Waals surface area contributed by atoms with Gasteiger partial charge in [-0.1, -0.05) is 0 Å². The highest BCUT2D eigenvalue weighted by Crippen LogP contribution is 2.17. The molecule has 0 bridgehead atoms. The summed E-state index contributed by atoms with van der Waals surface area (Å²) in [5.74, 6) is 1.90. The lowest BCUT2D eigenvalue weighted by atomic mass is 10.3. The third-order valence-electron chi connectivity index (χ3n) is 4.37. The van der Waals surface area contributed by atoms with Gasteiger partial charge in [0.1, 0.15) is 30.0 Å². The number of nitrogens with zero attached hydrogens (tertiary/aromatic N) is 2. The third kappa shape index (κ3) is 5.37. The van der Waals surface area contributed by atoms with Crippen LogP contribution >= 0.6 is 0 Å². The van der Waals surface area contributed by atoms with Crippen LogP contribution in [-0.4, -0.2) is 53.7 Å². The molecule has 2 rings (SSSR count). The molecule has 9 heteroatoms. The molecule has 154 valence electrons. The Labute approximate surface area is 163 Å². The van der Waals surface area contributed by atoms with Gasteiger partial charge in [-0.25, -0.2) is 4.79 Å². The second-order valence-electron chi connectivity index (χ2n) is 6.45. The number of hydrogen-bond donors (Lipinski definition) is 3. The fourth-order valence-corrected chi connectivity index (χ4v) is 2.72. The van der Waals surface area contributed by atoms with Crippen LogP contribution in [0.1, 0.15) is 5.56 Å². The van der Waals surface area contributed by atoms with Gasteiger partial charge in [-0.15, -0.1) is 0 Å². The first-order valence-corrected chi connectivity index (χ1v) is 9.01. The van der Waals surface area contributed by atoms with Crippen LogP contribution in [0.3, 0.4) is 0 Å². The van der Waals surface area contributed by atoms with Gasteiger partial charge < -0.3 is 25.2 Å². The number of aliphatic hydroxyl groups is 1. The lowest BCUT2D eigenvalue weighted by Gasteiger charge is -2.16. The molecule has 9 nitrogen and oxygen atoms in total. The van der Waals surface area contributed by atoms with Crippen LogP contribution in [0.2, 0.25) is 0 Å². The summed E-state index contributed by atoms with van der Waals surface area (Å²) in [6, 6.07) is 7.13. The first-order valence-electron chi connectivity index (χ1n) is 9.01. The van der Waals surface area contributed by atoms with E-state index < -0.39 is 6.10 Å². The molecule has 0 amide bonds. The average molecular weight is 392 g/mol. The summed E-state index contributed by atoms with van der Waals surface area (Å²) in [7, 11) is 4.67. The van der Waals surface area contributed by atoms with Crippen molar-refractivity contribution in [2.45, 2.75) is 13.0 Å². The first kappa shape index (κ1) is 21.5. The molecule has 1 atom stereocenters. The molecule has 0 saturated heterocycles. The maximum Gasteiger partial charge on any atom is 0.332 e. The fourth-order valence-electron chi connectivity index (χ4n) is 2.72. The number of aromatic nitrogens is 2. The van der Waals surface area contributed by atoms with E-state index in [9.17, 15) is 14.7 Å². The molecule has 0 fully saturated rings. The number of hydrogen-bond acceptors (Lipinski definition) is 7. The Morgan fingerprint density at radius 1 is 1.07 bits per heavy atom. The summed E-state index contributed by atoms with van der Waals surface area (Å²) in [5.41, 5.74) is -0.209. The van der Waals surface area contributed by atoms with E-state index in [2.05, 4.69) is 10.6 Å². The summed E-state index contributed by atoms with van der Waals surface area (Å²) in [6.07, 6.45) is -0.669. The normalized spacial score (nSPS) is 11.9. The van der Waals surface area contributed by atoms with Crippen molar-refractivity contribution in [3.8, 4) is 11.5 Å². The Morgan fingerprint density at radius 3 is 2.36 bits per heavy atom. The number of aliphatic hydroxyl groups excluding tert-OH is 1. The molecule has 0 saturated carbocycles. The van der Waals surface area contributed by atoms with Gasteiger partial charge in [0, 0.05) is 33.7 Å². The molecule has 1 unspecified atom stereocenters. The molecule has 0 aliphatic carbocycles. The molecule has 2 aromatic rings. The molecule has 28 heavy (non-hydrogen) atoms. The highest BCUT2D eigenvalue weighted by Gasteiger charge is 2.11. The number of anilines is 1. The Morgan fingerprint density at radius 2 is 1.71 bits per heavy atom. The lowest BCUT2D eigenvalue weighted by molar-refractivity contribution is 0.107. The fraction of sp³-hybridized carbons (Fsp3) is 0.474. The van der Waals surface area contributed by atoms with Crippen molar-refractivity contribution in [3.63, 3.8) is 0 Å². The predicted octanol–water partition coefficient (Wildman–Crippen LogP) is -0.158. The standard InChI is InChI=1S/C19H28N4O5/c1-13-17(22(2)19(26)23(3)18(13)25)21-10-9-20-11-14(24)12-28-16-7-5-15(27-4)6-8-16/h5-8,14,20-21,24H,9-12H2,1-4H3. The number of nitrogens with one attached hydrogen (secondary N) is 2. The van der Waals surface area contributed by atoms with Crippen LogP contribution in [-0.2, 0) is 14.1 Å². The molecule has 0 aliphatic rings. The molecule has 3 N–H and O–H groups in total. The lowest BCUT2D eigenvalue weighted by Crippen LogP contribution is -2.40. The van der Waals surface area contributed by atoms with E-state index in [-0.39, 0.29) is 17.9 Å². The first-order chi connectivity index (χ1) is 13.3. The Kier molecular flexibility index (Phi) is 7.65. The second kappa shape index (κ2) is 9.95. The minimum Gasteiger partial charge on any atom is -0.497 e. The van der Waals surface area contributed by atoms with Gasteiger partial charge in [-0.2, -0.15) is 0 Å². The van der Waals surface area contributed by atoms with Crippen LogP contribution in [0, 0.1) is 6.92 Å². The molecule has 1 aromatic carbocycles. The average Bonchev–Trinajstić information content (AvgIpc) is 2.71. The van der Waals surface area contributed by atoms with E-state index in [0.717, 1.165) is 10.3 Å². The summed E-state index contributed by atoms with van der Waals surface area (Å²) < 4.78 is 13.1. The van der Waals surface area contributed by atoms with E-state index in [1.54, 1.807) is 45.3 Å². The van der Waals surface area contributed by atoms with E-state index in [4.69, 9.17) is 9.47 Å². The van der Waals surface area contributed by atoms with E-state index in [0.29, 0.717) is 36.8 Å². The summed E-state index contributed by atoms with van der Waals surface area (Å²) in [6.45, 7) is 3.23. The quantitative estimate of drug-likeness (QED) is 0.483. The number of benzene rings is 1. The van der Waals surface area contributed by atoms with Crippen molar-refractivity contribution in [3.05, 3.63) is 50.7 Å². The maximum atomic E-state index is 12.0. The zero-order chi connectivity index (χ0) is 20.7. The predicted molar refractivity (Wildman–Crippen MR) is 108 cm³/mol. The summed E-state index contributed by atoms with van der Waals surface area (Å²) in [4.78, 5) is 24.0. The number of ether oxygens (including phenoxy) is 2. The second-order valence-corrected chi connectivity index (χ2v) is 6.45. The SMILES string of the molecule is COc1ccc(OCC(O)CNCCNc2c(C)c(=O)n(C)c(=O)n2C)cc1. The Balaban J connectivity index is 1.73. The van der Waals surface area contributed by atoms with Crippen LogP contribution in [0.4, 0.5) is 5.82 Å². The van der Waals surface area contributed by atoms with Gasteiger partial charge in [0.05, 0.1) is 12.7 Å². The molecule has 0 radical (unpaired) electrons. The Bertz CT molecular complexity index is 852. The maximum absolute atomic E-state index is 12.0. The third-order valence-corrected chi connectivity index (χ3v) is 4.37. The topological polar surface area (TPSA) is 107 Å². The molecular weight excluding hydrogens is 364 g/mol. The molecular formula is C19H28N4O5. The van der Waals surface area contributed by atoms with E-state index in [1.165, 1.54) is 11.6 Å². The monoisotopic (exact) mass is 392 g/mol. The highest BCUT2D eigenvalue weighted by molar-refractivity contribution is 5.42. The summed E-state index contributed by atoms with van der Waals surface area (Å²) in [5, 5.41) is 16.2. The minimum absolute atomic E-state index is 0.162. The van der Waals surface area contributed by atoms with Gasteiger partial charge in [0.15, 0.2) is 0 Å². The van der Waals surface area contributed by atoms with Crippen molar-refractivity contribution in [2.75, 3.05) is 38.7 Å². The molecule has 0 spiro atoms. The largest absolute Gasteiger partial charge is 0.497 e. The Hall–Kier alpha value is -2.78. The summed E-state index contributed by atoms with van der Waals surface area (Å²) >= 11 is 0. The van der Waals surface area contributed by atoms with Crippen LogP contribution in [0.25, 0.3) is 0 Å². The molecule has 1 aromatic heterocycles. The zero-order valence-corrected chi connectivity index (χ0v) is 16.7. The van der Waals surface area contributed by atoms with Gasteiger partial charge in [-0.3, -0.25) is 13.9 Å². The van der Waals surface area contributed by atoms with Crippen LogP contribution < -0.4 is 31.4 Å². The van der Waals surface area contributed by atoms with Crippen LogP contribution in [0.5, 0.6) is 11.5 Å². The van der Waals surface area contributed by atoms with E-state index in [1.807, 2.05) is 0 Å². The van der Waals surface area contributed by atoms with Crippen molar-refractivity contribution in [2.24, 2.45) is 14.1 Å². The van der Waals surface area contributed by atoms with Crippen molar-refractivity contribution in [1.82, 2.24) is 14.5 Å².